The van der Waals surface area contributed by atoms with Crippen molar-refractivity contribution in [3.8, 4) is 0 Å². The van der Waals surface area contributed by atoms with Gasteiger partial charge < -0.3 is 10.2 Å². The summed E-state index contributed by atoms with van der Waals surface area (Å²) in [7, 11) is -1.36. The van der Waals surface area contributed by atoms with Crippen LogP contribution in [0.2, 0.25) is 0 Å². The van der Waals surface area contributed by atoms with E-state index in [0.717, 1.165) is 4.47 Å². The van der Waals surface area contributed by atoms with Gasteiger partial charge in [0.25, 0.3) is 0 Å². The van der Waals surface area contributed by atoms with Crippen LogP contribution < -0.4 is 5.32 Å². The number of benzene rings is 1. The van der Waals surface area contributed by atoms with E-state index in [-0.39, 0.29) is 23.6 Å². The minimum atomic E-state index is -2.98. The average Bonchev–Trinajstić information content (AvgIpc) is 2.71. The highest BCUT2D eigenvalue weighted by atomic mass is 79.9. The van der Waals surface area contributed by atoms with Crippen molar-refractivity contribution in [2.75, 3.05) is 23.9 Å². The van der Waals surface area contributed by atoms with Gasteiger partial charge in [-0.25, -0.2) is 13.2 Å². The zero-order valence-corrected chi connectivity index (χ0v) is 12.9. The fraction of sp³-hybridized carbons (Fsp3) is 0.417. The van der Waals surface area contributed by atoms with E-state index in [1.165, 1.54) is 4.90 Å². The number of sulfone groups is 1. The van der Waals surface area contributed by atoms with Crippen LogP contribution in [0, 0.1) is 0 Å². The third kappa shape index (κ3) is 3.70. The molecule has 0 aliphatic carbocycles. The van der Waals surface area contributed by atoms with Gasteiger partial charge in [0.05, 0.1) is 11.5 Å². The number of hydrogen-bond donors (Lipinski definition) is 1. The predicted octanol–water partition coefficient (Wildman–Crippen LogP) is 2.10. The Hall–Kier alpha value is -1.08. The van der Waals surface area contributed by atoms with Crippen molar-refractivity contribution < 1.29 is 13.2 Å². The molecule has 1 N–H and O–H groups in total. The zero-order valence-electron chi connectivity index (χ0n) is 10.5. The Morgan fingerprint density at radius 1 is 1.37 bits per heavy atom. The Labute approximate surface area is 121 Å². The Bertz CT molecular complexity index is 571. The highest BCUT2D eigenvalue weighted by Gasteiger charge is 2.32. The Kier molecular flexibility index (Phi) is 4.15. The van der Waals surface area contributed by atoms with Gasteiger partial charge in [0.1, 0.15) is 0 Å². The summed E-state index contributed by atoms with van der Waals surface area (Å²) in [5.41, 5.74) is 0.681. The summed E-state index contributed by atoms with van der Waals surface area (Å²) in [5.74, 6) is 0.213. The van der Waals surface area contributed by atoms with Crippen molar-refractivity contribution in [2.24, 2.45) is 0 Å². The zero-order chi connectivity index (χ0) is 14.0. The predicted molar refractivity (Wildman–Crippen MR) is 78.0 cm³/mol. The molecule has 2 amide bonds. The first-order chi connectivity index (χ1) is 8.87. The Balaban J connectivity index is 1.98. The number of nitrogens with zero attached hydrogens (tertiary/aromatic N) is 1. The molecule has 0 aromatic heterocycles. The van der Waals surface area contributed by atoms with E-state index in [4.69, 9.17) is 0 Å². The molecule has 0 radical (unpaired) electrons. The van der Waals surface area contributed by atoms with Crippen molar-refractivity contribution in [1.82, 2.24) is 4.90 Å². The second kappa shape index (κ2) is 5.50. The van der Waals surface area contributed by atoms with Gasteiger partial charge in [-0.1, -0.05) is 15.9 Å². The number of urea groups is 1. The minimum absolute atomic E-state index is 0.0528. The molecule has 5 nitrogen and oxygen atoms in total. The van der Waals surface area contributed by atoms with Crippen LogP contribution in [0.1, 0.15) is 6.42 Å². The van der Waals surface area contributed by atoms with Crippen LogP contribution in [-0.4, -0.2) is 43.9 Å². The lowest BCUT2D eigenvalue weighted by molar-refractivity contribution is 0.209. The summed E-state index contributed by atoms with van der Waals surface area (Å²) in [5, 5.41) is 2.74. The molecule has 1 aromatic rings. The van der Waals surface area contributed by atoms with Crippen LogP contribution in [-0.2, 0) is 9.84 Å². The summed E-state index contributed by atoms with van der Waals surface area (Å²) >= 11 is 3.32. The number of nitrogens with one attached hydrogen (secondary N) is 1. The molecule has 0 spiro atoms. The van der Waals surface area contributed by atoms with Crippen LogP contribution in [0.25, 0.3) is 0 Å². The quantitative estimate of drug-likeness (QED) is 0.891. The second-order valence-corrected chi connectivity index (χ2v) is 7.75. The van der Waals surface area contributed by atoms with E-state index in [0.29, 0.717) is 12.1 Å². The first-order valence-electron chi connectivity index (χ1n) is 5.87. The van der Waals surface area contributed by atoms with Crippen molar-refractivity contribution >= 4 is 37.5 Å². The Morgan fingerprint density at radius 3 is 2.53 bits per heavy atom. The number of halogens is 1. The molecule has 104 valence electrons. The highest BCUT2D eigenvalue weighted by Crippen LogP contribution is 2.18. The van der Waals surface area contributed by atoms with Gasteiger partial charge in [-0.2, -0.15) is 0 Å². The molecule has 0 bridgehead atoms. The lowest BCUT2D eigenvalue weighted by atomic mass is 10.2. The molecule has 7 heteroatoms. The molecule has 1 atom stereocenters. The molecule has 1 heterocycles. The summed E-state index contributed by atoms with van der Waals surface area (Å²) < 4.78 is 23.7. The number of hydrogen-bond acceptors (Lipinski definition) is 3. The maximum absolute atomic E-state index is 12.0. The first kappa shape index (κ1) is 14.3. The van der Waals surface area contributed by atoms with E-state index in [9.17, 15) is 13.2 Å². The van der Waals surface area contributed by atoms with Gasteiger partial charge in [0.15, 0.2) is 9.84 Å². The first-order valence-corrected chi connectivity index (χ1v) is 8.49. The summed E-state index contributed by atoms with van der Waals surface area (Å²) in [4.78, 5) is 13.5. The van der Waals surface area contributed by atoms with Crippen LogP contribution in [0.15, 0.2) is 28.7 Å². The maximum Gasteiger partial charge on any atom is 0.321 e. The third-order valence-corrected chi connectivity index (χ3v) is 5.45. The summed E-state index contributed by atoms with van der Waals surface area (Å²) in [6.07, 6.45) is 0.507. The summed E-state index contributed by atoms with van der Waals surface area (Å²) in [6.45, 7) is 0. The minimum Gasteiger partial charge on any atom is -0.324 e. The summed E-state index contributed by atoms with van der Waals surface area (Å²) in [6, 6.07) is 6.69. The molecule has 1 saturated heterocycles. The topological polar surface area (TPSA) is 66.5 Å². The van der Waals surface area contributed by atoms with Gasteiger partial charge in [0, 0.05) is 23.2 Å². The van der Waals surface area contributed by atoms with Crippen LogP contribution in [0.5, 0.6) is 0 Å². The lowest BCUT2D eigenvalue weighted by Gasteiger charge is -2.23. The molecule has 19 heavy (non-hydrogen) atoms. The average molecular weight is 347 g/mol. The van der Waals surface area contributed by atoms with Gasteiger partial charge in [0.2, 0.25) is 0 Å². The fourth-order valence-electron chi connectivity index (χ4n) is 1.99. The molecule has 1 aliphatic heterocycles. The smallest absolute Gasteiger partial charge is 0.321 e. The van der Waals surface area contributed by atoms with Crippen molar-refractivity contribution in [3.63, 3.8) is 0 Å². The fourth-order valence-corrected chi connectivity index (χ4v) is 4.03. The van der Waals surface area contributed by atoms with Gasteiger partial charge in [-0.15, -0.1) is 0 Å². The number of carbonyl (C=O) groups is 1. The number of rotatable bonds is 2. The second-order valence-electron chi connectivity index (χ2n) is 4.60. The molecule has 1 aromatic carbocycles. The lowest BCUT2D eigenvalue weighted by Crippen LogP contribution is -2.40. The normalized spacial score (nSPS) is 21.1. The van der Waals surface area contributed by atoms with Crippen molar-refractivity contribution in [1.29, 1.82) is 0 Å². The monoisotopic (exact) mass is 346 g/mol. The van der Waals surface area contributed by atoms with E-state index in [1.807, 2.05) is 12.1 Å². The molecule has 1 fully saturated rings. The number of carbonyl (C=O) groups excluding carboxylic acids is 1. The largest absolute Gasteiger partial charge is 0.324 e. The van der Waals surface area contributed by atoms with E-state index >= 15 is 0 Å². The molecule has 2 rings (SSSR count). The van der Waals surface area contributed by atoms with Gasteiger partial charge >= 0.3 is 6.03 Å². The van der Waals surface area contributed by atoms with Crippen LogP contribution in [0.3, 0.4) is 0 Å². The number of anilines is 1. The van der Waals surface area contributed by atoms with Crippen LogP contribution in [0.4, 0.5) is 10.5 Å². The molecule has 1 unspecified atom stereocenters. The van der Waals surface area contributed by atoms with Crippen molar-refractivity contribution in [2.45, 2.75) is 12.5 Å². The molecular formula is C12H15BrN2O3S. The Morgan fingerprint density at radius 2 is 2.00 bits per heavy atom. The number of amides is 2. The molecule has 1 aliphatic rings. The molecular weight excluding hydrogens is 332 g/mol. The maximum atomic E-state index is 12.0. The van der Waals surface area contributed by atoms with E-state index < -0.39 is 9.84 Å². The standard InChI is InChI=1S/C12H15BrN2O3S/c1-15(11-6-7-19(17,18)8-11)12(16)14-10-4-2-9(13)3-5-10/h2-5,11H,6-8H2,1H3,(H,14,16). The van der Waals surface area contributed by atoms with Gasteiger partial charge in [-0.3, -0.25) is 0 Å². The van der Waals surface area contributed by atoms with E-state index in [1.54, 1.807) is 19.2 Å². The molecule has 0 saturated carbocycles. The third-order valence-electron chi connectivity index (χ3n) is 3.17. The van der Waals surface area contributed by atoms with Gasteiger partial charge in [-0.05, 0) is 30.7 Å². The van der Waals surface area contributed by atoms with E-state index in [2.05, 4.69) is 21.2 Å². The van der Waals surface area contributed by atoms with Crippen molar-refractivity contribution in [3.05, 3.63) is 28.7 Å². The highest BCUT2D eigenvalue weighted by molar-refractivity contribution is 9.10. The SMILES string of the molecule is CN(C(=O)Nc1ccc(Br)cc1)C1CCS(=O)(=O)C1. The van der Waals surface area contributed by atoms with Crippen LogP contribution >= 0.6 is 15.9 Å².